The quantitative estimate of drug-likeness (QED) is 0.665. The highest BCUT2D eigenvalue weighted by Gasteiger charge is 2.24. The average molecular weight is 413 g/mol. The minimum Gasteiger partial charge on any atom is -0.458 e. The van der Waals surface area contributed by atoms with Crippen molar-refractivity contribution in [2.45, 2.75) is 32.9 Å². The van der Waals surface area contributed by atoms with E-state index in [1.165, 1.54) is 11.3 Å². The maximum absolute atomic E-state index is 12.7. The van der Waals surface area contributed by atoms with Crippen molar-refractivity contribution in [2.75, 3.05) is 25.0 Å². The molecule has 4 rings (SSSR count). The van der Waals surface area contributed by atoms with Crippen LogP contribution in [0, 0.1) is 6.92 Å². The molecule has 0 spiro atoms. The number of hydrogen-bond acceptors (Lipinski definition) is 8. The molecule has 9 heteroatoms. The van der Waals surface area contributed by atoms with Gasteiger partial charge in [-0.1, -0.05) is 0 Å². The molecule has 1 amide bonds. The van der Waals surface area contributed by atoms with Crippen LogP contribution < -0.4 is 10.6 Å². The Morgan fingerprint density at radius 2 is 2.24 bits per heavy atom. The van der Waals surface area contributed by atoms with Gasteiger partial charge in [-0.25, -0.2) is 15.0 Å². The van der Waals surface area contributed by atoms with E-state index >= 15 is 0 Å². The van der Waals surface area contributed by atoms with Gasteiger partial charge in [-0.3, -0.25) is 9.69 Å². The number of carbonyl (C=O) groups is 1. The Bertz CT molecular complexity index is 987. The lowest BCUT2D eigenvalue weighted by Crippen LogP contribution is -2.55. The zero-order valence-corrected chi connectivity index (χ0v) is 17.5. The van der Waals surface area contributed by atoms with Crippen molar-refractivity contribution in [3.05, 3.63) is 35.5 Å². The van der Waals surface area contributed by atoms with Crippen molar-refractivity contribution in [1.29, 1.82) is 0 Å². The molecule has 0 aliphatic carbocycles. The smallest absolute Gasteiger partial charge is 0.239 e. The first-order valence-electron chi connectivity index (χ1n) is 9.61. The average Bonchev–Trinajstić information content (AvgIpc) is 3.36. The Hall–Kier alpha value is -2.62. The predicted molar refractivity (Wildman–Crippen MR) is 113 cm³/mol. The number of hydrogen-bond donors (Lipinski definition) is 2. The zero-order valence-electron chi connectivity index (χ0n) is 16.7. The van der Waals surface area contributed by atoms with Gasteiger partial charge in [0.25, 0.3) is 0 Å². The molecule has 2 atom stereocenters. The number of furan rings is 1. The van der Waals surface area contributed by atoms with E-state index in [1.54, 1.807) is 12.3 Å². The van der Waals surface area contributed by atoms with Crippen molar-refractivity contribution in [3.8, 4) is 22.3 Å². The molecule has 29 heavy (non-hydrogen) atoms. The highest BCUT2D eigenvalue weighted by molar-refractivity contribution is 7.13. The van der Waals surface area contributed by atoms with Crippen LogP contribution in [0.15, 0.2) is 34.2 Å². The SMILES string of the molecule is Cc1ccc(-c2nc(NC(=O)CN3CC(C)NCC3C)cc(-c3nccs3)n2)o1. The summed E-state index contributed by atoms with van der Waals surface area (Å²) < 4.78 is 5.68. The van der Waals surface area contributed by atoms with Gasteiger partial charge in [0.2, 0.25) is 5.91 Å². The van der Waals surface area contributed by atoms with Crippen molar-refractivity contribution in [3.63, 3.8) is 0 Å². The Labute approximate surface area is 173 Å². The summed E-state index contributed by atoms with van der Waals surface area (Å²) in [6.07, 6.45) is 1.73. The molecule has 1 aliphatic heterocycles. The normalized spacial score (nSPS) is 20.0. The minimum atomic E-state index is -0.101. The summed E-state index contributed by atoms with van der Waals surface area (Å²) in [6.45, 7) is 8.14. The monoisotopic (exact) mass is 412 g/mol. The molecular formula is C20H24N6O2S. The fourth-order valence-corrected chi connectivity index (χ4v) is 3.92. The number of aromatic nitrogens is 3. The van der Waals surface area contributed by atoms with Crippen molar-refractivity contribution < 1.29 is 9.21 Å². The van der Waals surface area contributed by atoms with E-state index in [4.69, 9.17) is 4.42 Å². The molecule has 0 aromatic carbocycles. The number of nitrogens with zero attached hydrogens (tertiary/aromatic N) is 4. The number of aryl methyl sites for hydroxylation is 1. The molecule has 2 N–H and O–H groups in total. The van der Waals surface area contributed by atoms with Crippen molar-refractivity contribution in [1.82, 2.24) is 25.2 Å². The second-order valence-electron chi connectivity index (χ2n) is 7.35. The number of thiazole rings is 1. The highest BCUT2D eigenvalue weighted by atomic mass is 32.1. The number of carbonyl (C=O) groups excluding carboxylic acids is 1. The number of amides is 1. The largest absolute Gasteiger partial charge is 0.458 e. The fraction of sp³-hybridized carbons (Fsp3) is 0.400. The Balaban J connectivity index is 1.57. The number of rotatable bonds is 5. The van der Waals surface area contributed by atoms with Crippen LogP contribution in [0.3, 0.4) is 0 Å². The molecule has 3 aromatic rings. The van der Waals surface area contributed by atoms with Gasteiger partial charge in [0, 0.05) is 42.8 Å². The minimum absolute atomic E-state index is 0.101. The summed E-state index contributed by atoms with van der Waals surface area (Å²) >= 11 is 1.48. The molecule has 1 saturated heterocycles. The van der Waals surface area contributed by atoms with E-state index < -0.39 is 0 Å². The van der Waals surface area contributed by atoms with E-state index in [9.17, 15) is 4.79 Å². The van der Waals surface area contributed by atoms with Gasteiger partial charge in [0.1, 0.15) is 22.3 Å². The van der Waals surface area contributed by atoms with Gasteiger partial charge in [0.05, 0.1) is 6.54 Å². The van der Waals surface area contributed by atoms with E-state index in [0.717, 1.165) is 23.9 Å². The van der Waals surface area contributed by atoms with Crippen molar-refractivity contribution in [2.24, 2.45) is 0 Å². The van der Waals surface area contributed by atoms with Gasteiger partial charge in [-0.05, 0) is 32.9 Å². The number of piperazine rings is 1. The summed E-state index contributed by atoms with van der Waals surface area (Å²) in [4.78, 5) is 28.3. The molecule has 1 aliphatic rings. The molecule has 152 valence electrons. The van der Waals surface area contributed by atoms with Crippen LogP contribution in [0.1, 0.15) is 19.6 Å². The van der Waals surface area contributed by atoms with Gasteiger partial charge in [0.15, 0.2) is 11.6 Å². The van der Waals surface area contributed by atoms with Gasteiger partial charge in [-0.2, -0.15) is 0 Å². The van der Waals surface area contributed by atoms with Crippen LogP contribution in [0.4, 0.5) is 5.82 Å². The molecule has 0 bridgehead atoms. The second kappa shape index (κ2) is 8.40. The van der Waals surface area contributed by atoms with E-state index in [1.807, 2.05) is 24.4 Å². The third-order valence-corrected chi connectivity index (χ3v) is 5.64. The molecule has 8 nitrogen and oxygen atoms in total. The Kier molecular flexibility index (Phi) is 5.70. The molecule has 0 saturated carbocycles. The maximum atomic E-state index is 12.7. The summed E-state index contributed by atoms with van der Waals surface area (Å²) in [5, 5.41) is 9.00. The lowest BCUT2D eigenvalue weighted by atomic mass is 10.1. The van der Waals surface area contributed by atoms with Gasteiger partial charge >= 0.3 is 0 Å². The topological polar surface area (TPSA) is 96.2 Å². The summed E-state index contributed by atoms with van der Waals surface area (Å²) in [5.74, 6) is 2.09. The standard InChI is InChI=1S/C20H24N6O2S/c1-12-10-26(13(2)9-22-12)11-18(27)24-17-8-15(20-21-6-7-29-20)23-19(25-17)16-5-4-14(3)28-16/h4-8,12-13,22H,9-11H2,1-3H3,(H,23,24,25,27). The molecular weight excluding hydrogens is 388 g/mol. The highest BCUT2D eigenvalue weighted by Crippen LogP contribution is 2.26. The Morgan fingerprint density at radius 3 is 2.97 bits per heavy atom. The first-order valence-corrected chi connectivity index (χ1v) is 10.5. The number of nitrogens with one attached hydrogen (secondary N) is 2. The van der Waals surface area contributed by atoms with Crippen LogP contribution >= 0.6 is 11.3 Å². The molecule has 1 fully saturated rings. The van der Waals surface area contributed by atoms with Crippen LogP contribution in [0.2, 0.25) is 0 Å². The first-order chi connectivity index (χ1) is 14.0. The van der Waals surface area contributed by atoms with E-state index in [0.29, 0.717) is 41.7 Å². The fourth-order valence-electron chi connectivity index (χ4n) is 3.32. The molecule has 4 heterocycles. The third kappa shape index (κ3) is 4.69. The predicted octanol–water partition coefficient (Wildman–Crippen LogP) is 2.79. The third-order valence-electron chi connectivity index (χ3n) is 4.85. The first kappa shape index (κ1) is 19.7. The van der Waals surface area contributed by atoms with Crippen LogP contribution in [0.5, 0.6) is 0 Å². The summed E-state index contributed by atoms with van der Waals surface area (Å²) in [5.41, 5.74) is 0.651. The zero-order chi connectivity index (χ0) is 20.4. The van der Waals surface area contributed by atoms with Crippen LogP contribution in [-0.2, 0) is 4.79 Å². The van der Waals surface area contributed by atoms with E-state index in [2.05, 4.69) is 44.3 Å². The summed E-state index contributed by atoms with van der Waals surface area (Å²) in [7, 11) is 0. The second-order valence-corrected chi connectivity index (χ2v) is 8.24. The molecule has 3 aromatic heterocycles. The lowest BCUT2D eigenvalue weighted by molar-refractivity contribution is -0.118. The molecule has 2 unspecified atom stereocenters. The van der Waals surface area contributed by atoms with Crippen LogP contribution in [0.25, 0.3) is 22.3 Å². The lowest BCUT2D eigenvalue weighted by Gasteiger charge is -2.36. The maximum Gasteiger partial charge on any atom is 0.239 e. The molecule has 0 radical (unpaired) electrons. The van der Waals surface area contributed by atoms with Gasteiger partial charge < -0.3 is 15.1 Å². The van der Waals surface area contributed by atoms with Crippen LogP contribution in [-0.4, -0.2) is 57.5 Å². The van der Waals surface area contributed by atoms with Gasteiger partial charge in [-0.15, -0.1) is 11.3 Å². The summed E-state index contributed by atoms with van der Waals surface area (Å²) in [6, 6.07) is 6.10. The Morgan fingerprint density at radius 1 is 1.38 bits per heavy atom. The van der Waals surface area contributed by atoms with E-state index in [-0.39, 0.29) is 5.91 Å². The van der Waals surface area contributed by atoms with Crippen molar-refractivity contribution >= 4 is 23.1 Å². The number of anilines is 1.